The maximum atomic E-state index is 12.2. The third-order valence-corrected chi connectivity index (χ3v) is 3.46. The summed E-state index contributed by atoms with van der Waals surface area (Å²) in [5.41, 5.74) is 6.58. The van der Waals surface area contributed by atoms with Crippen molar-refractivity contribution in [3.05, 3.63) is 16.4 Å². The maximum Gasteiger partial charge on any atom is 0.183 e. The molecule has 0 aliphatic carbocycles. The number of carbonyl (C=O) groups is 1. The van der Waals surface area contributed by atoms with Gasteiger partial charge in [0, 0.05) is 19.0 Å². The topological polar surface area (TPSA) is 60.9 Å². The highest BCUT2D eigenvalue weighted by Gasteiger charge is 2.26. The highest BCUT2D eigenvalue weighted by Crippen LogP contribution is 2.24. The van der Waals surface area contributed by atoms with E-state index in [4.69, 9.17) is 5.73 Å². The molecule has 1 heterocycles. The SMILES string of the molecule is CCn1ncc(Br)c1C(=O)CC(N)C(C)(C)C. The number of nitrogens with zero attached hydrogens (tertiary/aromatic N) is 2. The van der Waals surface area contributed by atoms with Gasteiger partial charge in [-0.15, -0.1) is 0 Å². The van der Waals surface area contributed by atoms with Gasteiger partial charge in [-0.25, -0.2) is 0 Å². The summed E-state index contributed by atoms with van der Waals surface area (Å²) < 4.78 is 2.44. The first-order valence-corrected chi connectivity index (χ1v) is 6.56. The number of Topliss-reactive ketones (excluding diaryl/α,β-unsaturated/α-hetero) is 1. The lowest BCUT2D eigenvalue weighted by molar-refractivity contribution is 0.0942. The molecule has 1 atom stereocenters. The summed E-state index contributed by atoms with van der Waals surface area (Å²) in [6.07, 6.45) is 1.99. The second-order valence-electron chi connectivity index (χ2n) is 5.26. The molecular formula is C12H20BrN3O. The van der Waals surface area contributed by atoms with E-state index >= 15 is 0 Å². The molecule has 17 heavy (non-hydrogen) atoms. The second kappa shape index (κ2) is 5.31. The van der Waals surface area contributed by atoms with E-state index < -0.39 is 0 Å². The quantitative estimate of drug-likeness (QED) is 0.870. The first-order valence-electron chi connectivity index (χ1n) is 5.77. The zero-order valence-corrected chi connectivity index (χ0v) is 12.4. The van der Waals surface area contributed by atoms with Crippen LogP contribution in [0.15, 0.2) is 10.7 Å². The number of hydrogen-bond acceptors (Lipinski definition) is 3. The highest BCUT2D eigenvalue weighted by atomic mass is 79.9. The van der Waals surface area contributed by atoms with E-state index in [2.05, 4.69) is 21.0 Å². The van der Waals surface area contributed by atoms with Crippen molar-refractivity contribution in [2.24, 2.45) is 11.1 Å². The van der Waals surface area contributed by atoms with Crippen LogP contribution in [-0.2, 0) is 6.54 Å². The number of carbonyl (C=O) groups excluding carboxylic acids is 1. The molecular weight excluding hydrogens is 282 g/mol. The number of nitrogens with two attached hydrogens (primary N) is 1. The van der Waals surface area contributed by atoms with Gasteiger partial charge in [0.05, 0.1) is 10.7 Å². The normalized spacial score (nSPS) is 13.8. The number of rotatable bonds is 4. The van der Waals surface area contributed by atoms with Crippen LogP contribution >= 0.6 is 15.9 Å². The Hall–Kier alpha value is -0.680. The molecule has 1 unspecified atom stereocenters. The fourth-order valence-corrected chi connectivity index (χ4v) is 2.00. The minimum Gasteiger partial charge on any atom is -0.327 e. The molecule has 0 saturated heterocycles. The Bertz CT molecular complexity index is 406. The number of halogens is 1. The Morgan fingerprint density at radius 3 is 2.65 bits per heavy atom. The van der Waals surface area contributed by atoms with Crippen LogP contribution in [0.25, 0.3) is 0 Å². The van der Waals surface area contributed by atoms with E-state index in [1.54, 1.807) is 10.9 Å². The van der Waals surface area contributed by atoms with Gasteiger partial charge in [-0.2, -0.15) is 5.10 Å². The van der Waals surface area contributed by atoms with Crippen molar-refractivity contribution >= 4 is 21.7 Å². The summed E-state index contributed by atoms with van der Waals surface area (Å²) in [4.78, 5) is 12.2. The van der Waals surface area contributed by atoms with Crippen LogP contribution in [0.5, 0.6) is 0 Å². The number of hydrogen-bond donors (Lipinski definition) is 1. The Morgan fingerprint density at radius 2 is 2.18 bits per heavy atom. The minimum absolute atomic E-state index is 0.0404. The first-order chi connectivity index (χ1) is 7.77. The van der Waals surface area contributed by atoms with E-state index in [0.717, 1.165) is 4.47 Å². The molecule has 2 N–H and O–H groups in total. The Balaban J connectivity index is 2.87. The average molecular weight is 302 g/mol. The predicted molar refractivity (Wildman–Crippen MR) is 72.0 cm³/mol. The fourth-order valence-electron chi connectivity index (χ4n) is 1.48. The van der Waals surface area contributed by atoms with Gasteiger partial charge in [-0.3, -0.25) is 9.48 Å². The maximum absolute atomic E-state index is 12.2. The minimum atomic E-state index is -0.151. The summed E-state index contributed by atoms with van der Waals surface area (Å²) in [6.45, 7) is 8.75. The lowest BCUT2D eigenvalue weighted by Gasteiger charge is -2.26. The van der Waals surface area contributed by atoms with Gasteiger partial charge in [0.25, 0.3) is 0 Å². The van der Waals surface area contributed by atoms with Crippen molar-refractivity contribution < 1.29 is 4.79 Å². The molecule has 0 bridgehead atoms. The van der Waals surface area contributed by atoms with Crippen LogP contribution in [0.4, 0.5) is 0 Å². The Morgan fingerprint density at radius 1 is 1.59 bits per heavy atom. The van der Waals surface area contributed by atoms with Gasteiger partial charge in [0.2, 0.25) is 0 Å². The molecule has 0 radical (unpaired) electrons. The van der Waals surface area contributed by atoms with Crippen LogP contribution in [0, 0.1) is 5.41 Å². The Labute approximate surface area is 111 Å². The molecule has 0 aromatic carbocycles. The summed E-state index contributed by atoms with van der Waals surface area (Å²) in [5.74, 6) is 0.0404. The van der Waals surface area contributed by atoms with Crippen molar-refractivity contribution in [1.29, 1.82) is 0 Å². The molecule has 1 aromatic heterocycles. The molecule has 0 amide bonds. The van der Waals surface area contributed by atoms with Crippen LogP contribution < -0.4 is 5.73 Å². The summed E-state index contributed by atoms with van der Waals surface area (Å²) in [5, 5.41) is 4.13. The molecule has 96 valence electrons. The van der Waals surface area contributed by atoms with Crippen LogP contribution in [0.2, 0.25) is 0 Å². The summed E-state index contributed by atoms with van der Waals surface area (Å²) in [6, 6.07) is -0.151. The number of ketones is 1. The van der Waals surface area contributed by atoms with E-state index in [-0.39, 0.29) is 17.2 Å². The third-order valence-electron chi connectivity index (χ3n) is 2.88. The van der Waals surface area contributed by atoms with Crippen LogP contribution in [0.1, 0.15) is 44.6 Å². The molecule has 0 aliphatic rings. The van der Waals surface area contributed by atoms with E-state index in [0.29, 0.717) is 18.7 Å². The summed E-state index contributed by atoms with van der Waals surface area (Å²) >= 11 is 3.35. The third kappa shape index (κ3) is 3.39. The monoisotopic (exact) mass is 301 g/mol. The largest absolute Gasteiger partial charge is 0.327 e. The highest BCUT2D eigenvalue weighted by molar-refractivity contribution is 9.10. The van der Waals surface area contributed by atoms with Crippen molar-refractivity contribution in [1.82, 2.24) is 9.78 Å². The molecule has 0 aliphatic heterocycles. The first kappa shape index (κ1) is 14.4. The van der Waals surface area contributed by atoms with E-state index in [9.17, 15) is 4.79 Å². The molecule has 0 fully saturated rings. The van der Waals surface area contributed by atoms with E-state index in [1.807, 2.05) is 27.7 Å². The zero-order valence-electron chi connectivity index (χ0n) is 10.8. The standard InChI is InChI=1S/C12H20BrN3O/c1-5-16-11(8(13)7-15-16)9(17)6-10(14)12(2,3)4/h7,10H,5-6,14H2,1-4H3. The van der Waals surface area contributed by atoms with Crippen molar-refractivity contribution in [3.8, 4) is 0 Å². The van der Waals surface area contributed by atoms with Gasteiger partial charge >= 0.3 is 0 Å². The van der Waals surface area contributed by atoms with Gasteiger partial charge < -0.3 is 5.73 Å². The fraction of sp³-hybridized carbons (Fsp3) is 0.667. The zero-order chi connectivity index (χ0) is 13.2. The molecule has 4 nitrogen and oxygen atoms in total. The van der Waals surface area contributed by atoms with Gasteiger partial charge in [-0.05, 0) is 28.3 Å². The molecule has 1 aromatic rings. The van der Waals surface area contributed by atoms with Crippen molar-refractivity contribution in [3.63, 3.8) is 0 Å². The summed E-state index contributed by atoms with van der Waals surface area (Å²) in [7, 11) is 0. The van der Waals surface area contributed by atoms with Gasteiger partial charge in [0.15, 0.2) is 5.78 Å². The number of aromatic nitrogens is 2. The number of aryl methyl sites for hydroxylation is 1. The molecule has 1 rings (SSSR count). The lowest BCUT2D eigenvalue weighted by Crippen LogP contribution is -2.37. The molecule has 0 spiro atoms. The molecule has 0 saturated carbocycles. The second-order valence-corrected chi connectivity index (χ2v) is 6.11. The van der Waals surface area contributed by atoms with Gasteiger partial charge in [-0.1, -0.05) is 20.8 Å². The van der Waals surface area contributed by atoms with Crippen LogP contribution in [-0.4, -0.2) is 21.6 Å². The van der Waals surface area contributed by atoms with Crippen LogP contribution in [0.3, 0.4) is 0 Å². The molecule has 5 heteroatoms. The smallest absolute Gasteiger partial charge is 0.183 e. The Kier molecular flexibility index (Phi) is 4.49. The van der Waals surface area contributed by atoms with Gasteiger partial charge in [0.1, 0.15) is 5.69 Å². The van der Waals surface area contributed by atoms with Crippen molar-refractivity contribution in [2.45, 2.75) is 46.7 Å². The van der Waals surface area contributed by atoms with E-state index in [1.165, 1.54) is 0 Å². The predicted octanol–water partition coefficient (Wildman–Crippen LogP) is 2.61. The van der Waals surface area contributed by atoms with Crippen molar-refractivity contribution in [2.75, 3.05) is 0 Å². The lowest BCUT2D eigenvalue weighted by atomic mass is 9.84. The average Bonchev–Trinajstić information content (AvgIpc) is 2.57.